The predicted octanol–water partition coefficient (Wildman–Crippen LogP) is 3.34. The van der Waals surface area contributed by atoms with Gasteiger partial charge in [-0.15, -0.1) is 0 Å². The van der Waals surface area contributed by atoms with E-state index in [4.69, 9.17) is 0 Å². The molecule has 0 N–H and O–H groups in total. The average molecular weight is 168 g/mol. The molecule has 0 bridgehead atoms. The Morgan fingerprint density at radius 2 is 2.17 bits per heavy atom. The van der Waals surface area contributed by atoms with Crippen LogP contribution >= 0.6 is 0 Å². The number of hydrogen-bond acceptors (Lipinski definition) is 0. The van der Waals surface area contributed by atoms with E-state index >= 15 is 0 Å². The lowest BCUT2D eigenvalue weighted by atomic mass is 9.75. The maximum absolute atomic E-state index is 12.9. The molecule has 2 aliphatic rings. The maximum atomic E-state index is 12.9. The third-order valence-electron chi connectivity index (χ3n) is 3.46. The summed E-state index contributed by atoms with van der Waals surface area (Å²) in [6, 6.07) is 0. The molecular weight excluding hydrogens is 151 g/mol. The normalized spacial score (nSPS) is 47.7. The second-order valence-electron chi connectivity index (χ2n) is 4.47. The standard InChI is InChI=1S/C11H17F/c1-7-4-3-5-8(2)11(7)9-6-10(9)12/h8-11H,1,3-6H2,2H3/t8?,9?,10-,11?/m1/s1. The number of allylic oxidation sites excluding steroid dienone is 1. The molecule has 0 radical (unpaired) electrons. The summed E-state index contributed by atoms with van der Waals surface area (Å²) in [5.74, 6) is 1.53. The van der Waals surface area contributed by atoms with E-state index in [1.807, 2.05) is 0 Å². The van der Waals surface area contributed by atoms with Crippen molar-refractivity contribution in [1.29, 1.82) is 0 Å². The summed E-state index contributed by atoms with van der Waals surface area (Å²) >= 11 is 0. The minimum absolute atomic E-state index is 0.341. The summed E-state index contributed by atoms with van der Waals surface area (Å²) in [6.07, 6.45) is 3.96. The fourth-order valence-corrected chi connectivity index (χ4v) is 2.68. The SMILES string of the molecule is C=C1CCCC(C)C1C1C[C@H]1F. The Labute approximate surface area is 73.9 Å². The fourth-order valence-electron chi connectivity index (χ4n) is 2.68. The smallest absolute Gasteiger partial charge is 0.104 e. The van der Waals surface area contributed by atoms with Gasteiger partial charge in [0.2, 0.25) is 0 Å². The quantitative estimate of drug-likeness (QED) is 0.527. The second-order valence-corrected chi connectivity index (χ2v) is 4.47. The third kappa shape index (κ3) is 1.30. The number of halogens is 1. The molecule has 0 aromatic rings. The van der Waals surface area contributed by atoms with Gasteiger partial charge in [-0.25, -0.2) is 4.39 Å². The molecule has 1 heteroatoms. The van der Waals surface area contributed by atoms with E-state index in [0.717, 1.165) is 12.8 Å². The van der Waals surface area contributed by atoms with Gasteiger partial charge in [0.05, 0.1) is 0 Å². The highest BCUT2D eigenvalue weighted by Crippen LogP contribution is 2.50. The molecule has 2 saturated carbocycles. The minimum Gasteiger partial charge on any atom is -0.247 e. The lowest BCUT2D eigenvalue weighted by Gasteiger charge is -2.30. The molecule has 0 aromatic heterocycles. The molecule has 0 saturated heterocycles. The van der Waals surface area contributed by atoms with Gasteiger partial charge in [0.25, 0.3) is 0 Å². The van der Waals surface area contributed by atoms with Gasteiger partial charge >= 0.3 is 0 Å². The van der Waals surface area contributed by atoms with Gasteiger partial charge in [-0.05, 0) is 43.4 Å². The van der Waals surface area contributed by atoms with Gasteiger partial charge < -0.3 is 0 Å². The van der Waals surface area contributed by atoms with Crippen LogP contribution < -0.4 is 0 Å². The molecule has 12 heavy (non-hydrogen) atoms. The average Bonchev–Trinajstić information content (AvgIpc) is 2.67. The van der Waals surface area contributed by atoms with Crippen LogP contribution in [0.5, 0.6) is 0 Å². The Hall–Kier alpha value is -0.330. The molecule has 0 amide bonds. The first kappa shape index (κ1) is 8.28. The lowest BCUT2D eigenvalue weighted by molar-refractivity contribution is 0.272. The van der Waals surface area contributed by atoms with Gasteiger partial charge in [0, 0.05) is 0 Å². The van der Waals surface area contributed by atoms with Crippen molar-refractivity contribution >= 4 is 0 Å². The van der Waals surface area contributed by atoms with E-state index in [1.165, 1.54) is 18.4 Å². The van der Waals surface area contributed by atoms with Crippen LogP contribution in [0, 0.1) is 17.8 Å². The monoisotopic (exact) mass is 168 g/mol. The molecule has 0 heterocycles. The summed E-state index contributed by atoms with van der Waals surface area (Å²) in [4.78, 5) is 0. The zero-order valence-corrected chi connectivity index (χ0v) is 7.72. The number of alkyl halides is 1. The topological polar surface area (TPSA) is 0 Å². The molecule has 0 spiro atoms. The summed E-state index contributed by atoms with van der Waals surface area (Å²) in [5, 5.41) is 0. The van der Waals surface area contributed by atoms with E-state index in [2.05, 4.69) is 13.5 Å². The van der Waals surface area contributed by atoms with Gasteiger partial charge in [-0.2, -0.15) is 0 Å². The minimum atomic E-state index is -0.507. The van der Waals surface area contributed by atoms with Crippen molar-refractivity contribution in [2.24, 2.45) is 17.8 Å². The molecular formula is C11H17F. The first-order valence-electron chi connectivity index (χ1n) is 5.02. The van der Waals surface area contributed by atoms with Crippen LogP contribution in [0.4, 0.5) is 4.39 Å². The predicted molar refractivity (Wildman–Crippen MR) is 48.6 cm³/mol. The Bertz CT molecular complexity index is 195. The first-order chi connectivity index (χ1) is 5.70. The van der Waals surface area contributed by atoms with Crippen LogP contribution in [0.25, 0.3) is 0 Å². The van der Waals surface area contributed by atoms with Crippen LogP contribution in [0.15, 0.2) is 12.2 Å². The van der Waals surface area contributed by atoms with Crippen LogP contribution in [0.2, 0.25) is 0 Å². The maximum Gasteiger partial charge on any atom is 0.104 e. The highest BCUT2D eigenvalue weighted by molar-refractivity contribution is 5.12. The van der Waals surface area contributed by atoms with Crippen LogP contribution in [-0.4, -0.2) is 6.17 Å². The van der Waals surface area contributed by atoms with Crippen LogP contribution in [0.3, 0.4) is 0 Å². The fraction of sp³-hybridized carbons (Fsp3) is 0.818. The lowest BCUT2D eigenvalue weighted by Crippen LogP contribution is -2.21. The molecule has 68 valence electrons. The van der Waals surface area contributed by atoms with E-state index in [0.29, 0.717) is 17.8 Å². The van der Waals surface area contributed by atoms with Gasteiger partial charge in [0.1, 0.15) is 6.17 Å². The Morgan fingerprint density at radius 1 is 1.50 bits per heavy atom. The summed E-state index contributed by atoms with van der Waals surface area (Å²) in [6.45, 7) is 6.33. The Balaban J connectivity index is 2.04. The summed E-state index contributed by atoms with van der Waals surface area (Å²) in [7, 11) is 0. The van der Waals surface area contributed by atoms with Crippen molar-refractivity contribution < 1.29 is 4.39 Å². The molecule has 2 fully saturated rings. The molecule has 2 aliphatic carbocycles. The molecule has 0 aromatic carbocycles. The number of rotatable bonds is 1. The van der Waals surface area contributed by atoms with E-state index in [-0.39, 0.29) is 0 Å². The zero-order valence-electron chi connectivity index (χ0n) is 7.72. The van der Waals surface area contributed by atoms with Crippen molar-refractivity contribution in [3.05, 3.63) is 12.2 Å². The first-order valence-corrected chi connectivity index (χ1v) is 5.02. The summed E-state index contributed by atoms with van der Waals surface area (Å²) in [5.41, 5.74) is 1.32. The Kier molecular flexibility index (Phi) is 1.97. The van der Waals surface area contributed by atoms with Crippen molar-refractivity contribution in [2.75, 3.05) is 0 Å². The largest absolute Gasteiger partial charge is 0.247 e. The van der Waals surface area contributed by atoms with Crippen molar-refractivity contribution in [2.45, 2.75) is 38.8 Å². The number of hydrogen-bond donors (Lipinski definition) is 0. The van der Waals surface area contributed by atoms with E-state index in [9.17, 15) is 4.39 Å². The highest BCUT2D eigenvalue weighted by Gasteiger charge is 2.46. The van der Waals surface area contributed by atoms with Gasteiger partial charge in [0.15, 0.2) is 0 Å². The zero-order chi connectivity index (χ0) is 8.72. The van der Waals surface area contributed by atoms with Crippen LogP contribution in [0.1, 0.15) is 32.6 Å². The van der Waals surface area contributed by atoms with E-state index in [1.54, 1.807) is 0 Å². The van der Waals surface area contributed by atoms with Crippen LogP contribution in [-0.2, 0) is 0 Å². The molecule has 2 rings (SSSR count). The molecule has 0 nitrogen and oxygen atoms in total. The van der Waals surface area contributed by atoms with Crippen molar-refractivity contribution in [3.63, 3.8) is 0 Å². The second kappa shape index (κ2) is 2.86. The highest BCUT2D eigenvalue weighted by atomic mass is 19.1. The van der Waals surface area contributed by atoms with E-state index < -0.39 is 6.17 Å². The van der Waals surface area contributed by atoms with Gasteiger partial charge in [-0.3, -0.25) is 0 Å². The molecule has 3 unspecified atom stereocenters. The molecule has 0 aliphatic heterocycles. The van der Waals surface area contributed by atoms with Gasteiger partial charge in [-0.1, -0.05) is 19.1 Å². The Morgan fingerprint density at radius 3 is 2.67 bits per heavy atom. The third-order valence-corrected chi connectivity index (χ3v) is 3.46. The molecule has 4 atom stereocenters. The van der Waals surface area contributed by atoms with Crippen molar-refractivity contribution in [1.82, 2.24) is 0 Å². The summed E-state index contributed by atoms with van der Waals surface area (Å²) < 4.78 is 12.9. The van der Waals surface area contributed by atoms with Crippen molar-refractivity contribution in [3.8, 4) is 0 Å².